The van der Waals surface area contributed by atoms with Crippen molar-refractivity contribution in [1.82, 2.24) is 9.88 Å². The lowest BCUT2D eigenvalue weighted by molar-refractivity contribution is 0.0384. The molecule has 0 bridgehead atoms. The van der Waals surface area contributed by atoms with Gasteiger partial charge in [-0.2, -0.15) is 0 Å². The monoisotopic (exact) mass is 255 g/mol. The molecule has 4 nitrogen and oxygen atoms in total. The highest BCUT2D eigenvalue weighted by Crippen LogP contribution is 2.23. The van der Waals surface area contributed by atoms with Gasteiger partial charge in [-0.25, -0.2) is 4.98 Å². The van der Waals surface area contributed by atoms with Gasteiger partial charge in [0.2, 0.25) is 0 Å². The maximum Gasteiger partial charge on any atom is 0.0944 e. The molecule has 1 fully saturated rings. The molecule has 96 valence electrons. The van der Waals surface area contributed by atoms with Gasteiger partial charge < -0.3 is 10.5 Å². The van der Waals surface area contributed by atoms with E-state index in [9.17, 15) is 0 Å². The van der Waals surface area contributed by atoms with Crippen molar-refractivity contribution in [1.29, 1.82) is 0 Å². The molecular formula is C12H21N3OS. The molecule has 2 N–H and O–H groups in total. The van der Waals surface area contributed by atoms with Crippen molar-refractivity contribution >= 4 is 11.3 Å². The Morgan fingerprint density at radius 3 is 2.76 bits per heavy atom. The largest absolute Gasteiger partial charge is 0.379 e. The van der Waals surface area contributed by atoms with Crippen molar-refractivity contribution in [2.24, 2.45) is 5.73 Å². The first-order chi connectivity index (χ1) is 8.16. The Morgan fingerprint density at radius 2 is 2.18 bits per heavy atom. The summed E-state index contributed by atoms with van der Waals surface area (Å²) in [7, 11) is 0. The molecule has 0 radical (unpaired) electrons. The number of thiazole rings is 1. The van der Waals surface area contributed by atoms with Crippen molar-refractivity contribution in [3.8, 4) is 0 Å². The number of nitrogens with zero attached hydrogens (tertiary/aromatic N) is 2. The van der Waals surface area contributed by atoms with E-state index >= 15 is 0 Å². The molecule has 0 amide bonds. The van der Waals surface area contributed by atoms with Crippen LogP contribution in [0, 0.1) is 6.92 Å². The van der Waals surface area contributed by atoms with Gasteiger partial charge in [0, 0.05) is 37.0 Å². The van der Waals surface area contributed by atoms with Gasteiger partial charge in [0.05, 0.1) is 23.9 Å². The van der Waals surface area contributed by atoms with Crippen LogP contribution in [0.15, 0.2) is 0 Å². The molecule has 1 unspecified atom stereocenters. The van der Waals surface area contributed by atoms with E-state index in [1.807, 2.05) is 13.8 Å². The predicted molar refractivity (Wildman–Crippen MR) is 70.4 cm³/mol. The quantitative estimate of drug-likeness (QED) is 0.882. The summed E-state index contributed by atoms with van der Waals surface area (Å²) in [6.07, 6.45) is 1.03. The minimum Gasteiger partial charge on any atom is -0.379 e. The predicted octanol–water partition coefficient (Wildman–Crippen LogP) is 1.35. The summed E-state index contributed by atoms with van der Waals surface area (Å²) in [5.41, 5.74) is 7.01. The summed E-state index contributed by atoms with van der Waals surface area (Å²) >= 11 is 1.76. The highest BCUT2D eigenvalue weighted by atomic mass is 32.1. The Labute approximate surface area is 107 Å². The molecule has 1 aliphatic rings. The van der Waals surface area contributed by atoms with Crippen molar-refractivity contribution in [3.63, 3.8) is 0 Å². The Morgan fingerprint density at radius 1 is 1.47 bits per heavy atom. The van der Waals surface area contributed by atoms with Crippen LogP contribution in [-0.4, -0.2) is 42.7 Å². The van der Waals surface area contributed by atoms with Crippen LogP contribution in [0.2, 0.25) is 0 Å². The number of ether oxygens (including phenoxy) is 1. The molecule has 1 atom stereocenters. The van der Waals surface area contributed by atoms with Crippen LogP contribution >= 0.6 is 11.3 Å². The first kappa shape index (κ1) is 13.0. The third-order valence-electron chi connectivity index (χ3n) is 3.04. The van der Waals surface area contributed by atoms with Gasteiger partial charge in [-0.05, 0) is 13.8 Å². The highest BCUT2D eigenvalue weighted by molar-refractivity contribution is 7.11. The second-order valence-corrected chi connectivity index (χ2v) is 5.67. The Bertz CT molecular complexity index is 359. The average Bonchev–Trinajstić information content (AvgIpc) is 2.69. The SMILES string of the molecule is Cc1nc(CCN2CCOCC2)sc1C(C)N. The molecule has 0 saturated carbocycles. The number of morpholine rings is 1. The Balaban J connectivity index is 1.88. The fraction of sp³-hybridized carbons (Fsp3) is 0.750. The number of aromatic nitrogens is 1. The van der Waals surface area contributed by atoms with E-state index in [0.29, 0.717) is 0 Å². The number of rotatable bonds is 4. The Hall–Kier alpha value is -0.490. The van der Waals surface area contributed by atoms with Crippen LogP contribution in [0.3, 0.4) is 0 Å². The van der Waals surface area contributed by atoms with Crippen LogP contribution in [-0.2, 0) is 11.2 Å². The van der Waals surface area contributed by atoms with Crippen LogP contribution in [0.5, 0.6) is 0 Å². The van der Waals surface area contributed by atoms with Crippen molar-refractivity contribution in [2.75, 3.05) is 32.8 Å². The minimum atomic E-state index is 0.102. The van der Waals surface area contributed by atoms with Crippen LogP contribution in [0.25, 0.3) is 0 Å². The van der Waals surface area contributed by atoms with Gasteiger partial charge in [0.15, 0.2) is 0 Å². The second kappa shape index (κ2) is 5.91. The lowest BCUT2D eigenvalue weighted by atomic mass is 10.2. The Kier molecular flexibility index (Phi) is 4.50. The fourth-order valence-corrected chi connectivity index (χ4v) is 3.08. The summed E-state index contributed by atoms with van der Waals surface area (Å²) in [6.45, 7) is 8.97. The van der Waals surface area contributed by atoms with E-state index in [1.54, 1.807) is 11.3 Å². The van der Waals surface area contributed by atoms with Crippen molar-refractivity contribution in [2.45, 2.75) is 26.3 Å². The zero-order valence-corrected chi connectivity index (χ0v) is 11.4. The van der Waals surface area contributed by atoms with Crippen LogP contribution < -0.4 is 5.73 Å². The smallest absolute Gasteiger partial charge is 0.0944 e. The van der Waals surface area contributed by atoms with Gasteiger partial charge in [0.1, 0.15) is 0 Å². The fourth-order valence-electron chi connectivity index (χ4n) is 2.07. The molecule has 1 aromatic heterocycles. The number of hydrogen-bond acceptors (Lipinski definition) is 5. The van der Waals surface area contributed by atoms with Gasteiger partial charge in [-0.3, -0.25) is 4.90 Å². The summed E-state index contributed by atoms with van der Waals surface area (Å²) in [6, 6.07) is 0.102. The molecule has 0 spiro atoms. The lowest BCUT2D eigenvalue weighted by Crippen LogP contribution is -2.37. The third-order valence-corrected chi connectivity index (χ3v) is 4.45. The zero-order chi connectivity index (χ0) is 12.3. The molecule has 1 saturated heterocycles. The lowest BCUT2D eigenvalue weighted by Gasteiger charge is -2.25. The molecule has 5 heteroatoms. The molecule has 2 heterocycles. The number of nitrogens with two attached hydrogens (primary N) is 1. The van der Waals surface area contributed by atoms with E-state index in [0.717, 1.165) is 45.0 Å². The molecule has 17 heavy (non-hydrogen) atoms. The van der Waals surface area contributed by atoms with Gasteiger partial charge in [-0.15, -0.1) is 11.3 Å². The normalized spacial score (nSPS) is 19.5. The van der Waals surface area contributed by atoms with Crippen molar-refractivity contribution in [3.05, 3.63) is 15.6 Å². The van der Waals surface area contributed by atoms with Crippen LogP contribution in [0.4, 0.5) is 0 Å². The van der Waals surface area contributed by atoms with Gasteiger partial charge >= 0.3 is 0 Å². The van der Waals surface area contributed by atoms with E-state index < -0.39 is 0 Å². The van der Waals surface area contributed by atoms with Gasteiger partial charge in [0.25, 0.3) is 0 Å². The molecule has 1 aromatic rings. The first-order valence-electron chi connectivity index (χ1n) is 6.18. The summed E-state index contributed by atoms with van der Waals surface area (Å²) < 4.78 is 5.34. The zero-order valence-electron chi connectivity index (χ0n) is 10.6. The van der Waals surface area contributed by atoms with Crippen LogP contribution in [0.1, 0.15) is 28.5 Å². The second-order valence-electron chi connectivity index (χ2n) is 4.55. The summed E-state index contributed by atoms with van der Waals surface area (Å²) in [4.78, 5) is 8.26. The molecule has 0 aromatic carbocycles. The third kappa shape index (κ3) is 3.48. The van der Waals surface area contributed by atoms with E-state index in [2.05, 4.69) is 9.88 Å². The molecule has 0 aliphatic carbocycles. The topological polar surface area (TPSA) is 51.4 Å². The average molecular weight is 255 g/mol. The maximum atomic E-state index is 5.91. The van der Waals surface area contributed by atoms with E-state index in [4.69, 9.17) is 10.5 Å². The van der Waals surface area contributed by atoms with Crippen molar-refractivity contribution < 1.29 is 4.74 Å². The molecule has 2 rings (SSSR count). The number of aryl methyl sites for hydroxylation is 1. The highest BCUT2D eigenvalue weighted by Gasteiger charge is 2.13. The van der Waals surface area contributed by atoms with Gasteiger partial charge in [-0.1, -0.05) is 0 Å². The van der Waals surface area contributed by atoms with E-state index in [-0.39, 0.29) is 6.04 Å². The molecular weight excluding hydrogens is 234 g/mol. The summed E-state index contributed by atoms with van der Waals surface area (Å²) in [5.74, 6) is 0. The number of hydrogen-bond donors (Lipinski definition) is 1. The molecule has 1 aliphatic heterocycles. The van der Waals surface area contributed by atoms with E-state index in [1.165, 1.54) is 9.88 Å². The summed E-state index contributed by atoms with van der Waals surface area (Å²) in [5, 5.41) is 1.21. The first-order valence-corrected chi connectivity index (χ1v) is 7.00. The standard InChI is InChI=1S/C12H21N3OS/c1-9(13)12-10(2)14-11(17-12)3-4-15-5-7-16-8-6-15/h9H,3-8,13H2,1-2H3. The maximum absolute atomic E-state index is 5.91. The minimum absolute atomic E-state index is 0.102.